The molecule has 2 nitrogen and oxygen atoms in total. The van der Waals surface area contributed by atoms with Gasteiger partial charge >= 0.3 is 0 Å². The van der Waals surface area contributed by atoms with E-state index in [4.69, 9.17) is 12.2 Å². The van der Waals surface area contributed by atoms with Crippen molar-refractivity contribution in [3.63, 3.8) is 0 Å². The number of rotatable bonds is 0. The molecule has 2 rings (SSSR count). The van der Waals surface area contributed by atoms with Crippen LogP contribution < -0.4 is 0 Å². The Morgan fingerprint density at radius 1 is 1.55 bits per heavy atom. The zero-order valence-electron chi connectivity index (χ0n) is 5.78. The number of carbonyl (C=O) groups excluding carboxylic acids is 1. The van der Waals surface area contributed by atoms with Gasteiger partial charge in [0.2, 0.25) is 5.12 Å². The first-order chi connectivity index (χ1) is 5.29. The lowest BCUT2D eigenvalue weighted by molar-refractivity contribution is -0.114. The molecule has 2 saturated heterocycles. The molecule has 5 heteroatoms. The van der Waals surface area contributed by atoms with Gasteiger partial charge in [0.05, 0.1) is 0 Å². The molecule has 2 aliphatic heterocycles. The molecule has 0 N–H and O–H groups in total. The fourth-order valence-electron chi connectivity index (χ4n) is 1.23. The Hall–Kier alpha value is 0.260. The van der Waals surface area contributed by atoms with E-state index in [2.05, 4.69) is 4.90 Å². The summed E-state index contributed by atoms with van der Waals surface area (Å²) in [5, 5.41) is 0.295. The van der Waals surface area contributed by atoms with Crippen LogP contribution in [0.1, 0.15) is 0 Å². The number of thioether (sulfide) groups is 2. The van der Waals surface area contributed by atoms with E-state index in [-0.39, 0.29) is 6.04 Å². The number of hydrogen-bond donors (Lipinski definition) is 0. The van der Waals surface area contributed by atoms with Gasteiger partial charge in [0.25, 0.3) is 0 Å². The Bertz CT molecular complexity index is 218. The van der Waals surface area contributed by atoms with Crippen molar-refractivity contribution in [2.24, 2.45) is 0 Å². The van der Waals surface area contributed by atoms with Crippen LogP contribution in [0.5, 0.6) is 0 Å². The van der Waals surface area contributed by atoms with E-state index in [0.717, 1.165) is 22.4 Å². The zero-order chi connectivity index (χ0) is 7.84. The molecule has 0 unspecified atom stereocenters. The molecule has 1 atom stereocenters. The molecule has 0 amide bonds. The molecule has 0 radical (unpaired) electrons. The van der Waals surface area contributed by atoms with Crippen molar-refractivity contribution in [1.82, 2.24) is 4.90 Å². The van der Waals surface area contributed by atoms with Gasteiger partial charge in [-0.3, -0.25) is 4.79 Å². The van der Waals surface area contributed by atoms with E-state index in [9.17, 15) is 4.79 Å². The Morgan fingerprint density at radius 2 is 2.36 bits per heavy atom. The molecule has 0 aromatic rings. The van der Waals surface area contributed by atoms with E-state index in [1.165, 1.54) is 11.8 Å². The third-order valence-corrected chi connectivity index (χ3v) is 4.32. The minimum Gasteiger partial charge on any atom is -0.345 e. The lowest BCUT2D eigenvalue weighted by atomic mass is 10.3. The Morgan fingerprint density at radius 3 is 3.09 bits per heavy atom. The van der Waals surface area contributed by atoms with Crippen LogP contribution in [0.2, 0.25) is 0 Å². The summed E-state index contributed by atoms with van der Waals surface area (Å²) in [5.41, 5.74) is 0. The van der Waals surface area contributed by atoms with Crippen molar-refractivity contribution in [3.05, 3.63) is 0 Å². The maximum Gasteiger partial charge on any atom is 0.212 e. The molecule has 60 valence electrons. The minimum atomic E-state index is 0.0891. The second kappa shape index (κ2) is 2.95. The highest BCUT2D eigenvalue weighted by Gasteiger charge is 2.36. The van der Waals surface area contributed by atoms with Gasteiger partial charge < -0.3 is 4.90 Å². The summed E-state index contributed by atoms with van der Waals surface area (Å²) in [5.74, 6) is 1.76. The van der Waals surface area contributed by atoms with Crippen molar-refractivity contribution in [2.75, 3.05) is 18.1 Å². The molecule has 0 aliphatic carbocycles. The minimum absolute atomic E-state index is 0.0891. The van der Waals surface area contributed by atoms with E-state index in [1.54, 1.807) is 11.8 Å². The van der Waals surface area contributed by atoms with Crippen LogP contribution in [0.4, 0.5) is 0 Å². The number of fused-ring (bicyclic) bond motifs is 1. The van der Waals surface area contributed by atoms with Crippen LogP contribution in [-0.4, -0.2) is 38.4 Å². The highest BCUT2D eigenvalue weighted by atomic mass is 32.2. The molecule has 2 heterocycles. The fourth-order valence-corrected chi connectivity index (χ4v) is 3.67. The van der Waals surface area contributed by atoms with Gasteiger partial charge in [-0.2, -0.15) is 0 Å². The standard InChI is InChI=1S/C6H7NOS3/c8-5-4-3-11-6(9)7(4)1-2-10-5/h4H,1-3H2/t4-/m0/s1. The molecule has 2 aliphatic rings. The van der Waals surface area contributed by atoms with Crippen LogP contribution >= 0.6 is 35.7 Å². The van der Waals surface area contributed by atoms with E-state index in [1.807, 2.05) is 0 Å². The maximum absolute atomic E-state index is 11.3. The summed E-state index contributed by atoms with van der Waals surface area (Å²) < 4.78 is 0.906. The van der Waals surface area contributed by atoms with E-state index in [0.29, 0.717) is 5.12 Å². The molecular formula is C6H7NOS3. The smallest absolute Gasteiger partial charge is 0.212 e. The molecule has 0 aromatic heterocycles. The third kappa shape index (κ3) is 1.29. The summed E-state index contributed by atoms with van der Waals surface area (Å²) in [6.07, 6.45) is 0. The number of thiocarbonyl (C=S) groups is 1. The topological polar surface area (TPSA) is 20.3 Å². The van der Waals surface area contributed by atoms with Crippen LogP contribution in [0.25, 0.3) is 0 Å². The highest BCUT2D eigenvalue weighted by Crippen LogP contribution is 2.30. The predicted molar refractivity (Wildman–Crippen MR) is 53.0 cm³/mol. The van der Waals surface area contributed by atoms with Crippen molar-refractivity contribution in [3.8, 4) is 0 Å². The molecule has 0 saturated carbocycles. The third-order valence-electron chi connectivity index (χ3n) is 1.82. The van der Waals surface area contributed by atoms with Gasteiger partial charge in [0, 0.05) is 18.1 Å². The van der Waals surface area contributed by atoms with Crippen molar-refractivity contribution < 1.29 is 4.79 Å². The van der Waals surface area contributed by atoms with Crippen molar-refractivity contribution >= 4 is 45.2 Å². The predicted octanol–water partition coefficient (Wildman–Crippen LogP) is 0.962. The maximum atomic E-state index is 11.3. The van der Waals surface area contributed by atoms with Gasteiger partial charge in [-0.25, -0.2) is 0 Å². The second-order valence-corrected chi connectivity index (χ2v) is 5.21. The van der Waals surface area contributed by atoms with Crippen molar-refractivity contribution in [1.29, 1.82) is 0 Å². The van der Waals surface area contributed by atoms with Crippen LogP contribution in [0, 0.1) is 0 Å². The van der Waals surface area contributed by atoms with Crippen LogP contribution in [-0.2, 0) is 4.79 Å². The number of hydrogen-bond acceptors (Lipinski definition) is 4. The second-order valence-electron chi connectivity index (χ2n) is 2.45. The Labute approximate surface area is 79.1 Å². The summed E-state index contributed by atoms with van der Waals surface area (Å²) >= 11 is 8.17. The average Bonchev–Trinajstić information content (AvgIpc) is 2.35. The lowest BCUT2D eigenvalue weighted by Gasteiger charge is -2.27. The fraction of sp³-hybridized carbons (Fsp3) is 0.667. The first kappa shape index (κ1) is 7.89. The number of nitrogens with zero attached hydrogens (tertiary/aromatic N) is 1. The number of carbonyl (C=O) groups is 1. The van der Waals surface area contributed by atoms with Gasteiger partial charge in [-0.15, -0.1) is 0 Å². The molecule has 0 bridgehead atoms. The first-order valence-electron chi connectivity index (χ1n) is 3.39. The monoisotopic (exact) mass is 205 g/mol. The largest absolute Gasteiger partial charge is 0.345 e. The summed E-state index contributed by atoms with van der Waals surface area (Å²) in [6, 6.07) is 0.0891. The molecule has 2 fully saturated rings. The average molecular weight is 205 g/mol. The Balaban J connectivity index is 2.19. The normalized spacial score (nSPS) is 30.9. The van der Waals surface area contributed by atoms with Crippen molar-refractivity contribution in [2.45, 2.75) is 6.04 Å². The summed E-state index contributed by atoms with van der Waals surface area (Å²) in [7, 11) is 0. The summed E-state index contributed by atoms with van der Waals surface area (Å²) in [6.45, 7) is 0.951. The molecule has 0 spiro atoms. The Kier molecular flexibility index (Phi) is 2.12. The summed E-state index contributed by atoms with van der Waals surface area (Å²) in [4.78, 5) is 13.3. The van der Waals surface area contributed by atoms with Gasteiger partial charge in [-0.05, 0) is 0 Å². The lowest BCUT2D eigenvalue weighted by Crippen LogP contribution is -2.43. The van der Waals surface area contributed by atoms with E-state index >= 15 is 0 Å². The van der Waals surface area contributed by atoms with Crippen LogP contribution in [0.15, 0.2) is 0 Å². The van der Waals surface area contributed by atoms with Gasteiger partial charge in [0.15, 0.2) is 0 Å². The zero-order valence-corrected chi connectivity index (χ0v) is 8.23. The highest BCUT2D eigenvalue weighted by molar-refractivity contribution is 8.23. The SMILES string of the molecule is O=C1SCCN2C(=S)SC[C@@H]12. The van der Waals surface area contributed by atoms with Gasteiger partial charge in [-0.1, -0.05) is 35.7 Å². The first-order valence-corrected chi connectivity index (χ1v) is 5.77. The van der Waals surface area contributed by atoms with Crippen LogP contribution in [0.3, 0.4) is 0 Å². The molecular weight excluding hydrogens is 198 g/mol. The van der Waals surface area contributed by atoms with E-state index < -0.39 is 0 Å². The van der Waals surface area contributed by atoms with Gasteiger partial charge in [0.1, 0.15) is 10.4 Å². The quantitative estimate of drug-likeness (QED) is 0.547. The molecule has 0 aromatic carbocycles. The molecule has 11 heavy (non-hydrogen) atoms.